The first-order valence-corrected chi connectivity index (χ1v) is 6.30. The summed E-state index contributed by atoms with van der Waals surface area (Å²) < 4.78 is 0. The molecule has 0 bridgehead atoms. The molecule has 2 aromatic rings. The van der Waals surface area contributed by atoms with Crippen LogP contribution in [0.2, 0.25) is 0 Å². The number of rotatable bonds is 4. The molecule has 0 radical (unpaired) electrons. The normalized spacial score (nSPS) is 11.6. The fourth-order valence-electron chi connectivity index (χ4n) is 1.59. The van der Waals surface area contributed by atoms with E-state index >= 15 is 0 Å². The van der Waals surface area contributed by atoms with Gasteiger partial charge in [-0.3, -0.25) is 0 Å². The Kier molecular flexibility index (Phi) is 3.36. The summed E-state index contributed by atoms with van der Waals surface area (Å²) in [5.74, 6) is 0. The van der Waals surface area contributed by atoms with Gasteiger partial charge in [0.25, 0.3) is 0 Å². The molecule has 0 unspecified atom stereocenters. The summed E-state index contributed by atoms with van der Waals surface area (Å²) in [6, 6.07) is 10.5. The SMILES string of the molecule is CC(C)(NCc1cscn1)c1ccccc1. The Morgan fingerprint density at radius 2 is 2.00 bits per heavy atom. The molecule has 2 nitrogen and oxygen atoms in total. The van der Waals surface area contributed by atoms with Gasteiger partial charge in [0.15, 0.2) is 0 Å². The van der Waals surface area contributed by atoms with Crippen LogP contribution in [0.3, 0.4) is 0 Å². The monoisotopic (exact) mass is 232 g/mol. The van der Waals surface area contributed by atoms with E-state index in [0.717, 1.165) is 12.2 Å². The molecule has 0 aliphatic carbocycles. The lowest BCUT2D eigenvalue weighted by Crippen LogP contribution is -2.35. The number of hydrogen-bond donors (Lipinski definition) is 1. The van der Waals surface area contributed by atoms with E-state index in [0.29, 0.717) is 0 Å². The van der Waals surface area contributed by atoms with Crippen molar-refractivity contribution in [1.82, 2.24) is 10.3 Å². The van der Waals surface area contributed by atoms with Crippen LogP contribution in [-0.2, 0) is 12.1 Å². The minimum absolute atomic E-state index is 0.0229. The molecule has 0 atom stereocenters. The van der Waals surface area contributed by atoms with Gasteiger partial charge in [-0.25, -0.2) is 4.98 Å². The standard InChI is InChI=1S/C13H16N2S/c1-13(2,11-6-4-3-5-7-11)15-8-12-9-16-10-14-12/h3-7,9-10,15H,8H2,1-2H3. The van der Waals surface area contributed by atoms with Gasteiger partial charge in [0.1, 0.15) is 0 Å². The lowest BCUT2D eigenvalue weighted by molar-refractivity contribution is 0.399. The van der Waals surface area contributed by atoms with Crippen LogP contribution >= 0.6 is 11.3 Å². The largest absolute Gasteiger partial charge is 0.302 e. The van der Waals surface area contributed by atoms with Crippen LogP contribution in [0.4, 0.5) is 0 Å². The van der Waals surface area contributed by atoms with Crippen molar-refractivity contribution in [3.8, 4) is 0 Å². The third kappa shape index (κ3) is 2.68. The van der Waals surface area contributed by atoms with E-state index in [1.807, 2.05) is 11.6 Å². The van der Waals surface area contributed by atoms with E-state index in [-0.39, 0.29) is 5.54 Å². The van der Waals surface area contributed by atoms with Crippen molar-refractivity contribution in [3.63, 3.8) is 0 Å². The molecule has 0 saturated heterocycles. The first-order valence-electron chi connectivity index (χ1n) is 5.36. The fourth-order valence-corrected chi connectivity index (χ4v) is 2.15. The van der Waals surface area contributed by atoms with E-state index in [2.05, 4.69) is 53.8 Å². The van der Waals surface area contributed by atoms with Crippen LogP contribution in [0.1, 0.15) is 25.1 Å². The van der Waals surface area contributed by atoms with Gasteiger partial charge in [-0.2, -0.15) is 0 Å². The Morgan fingerprint density at radius 1 is 1.25 bits per heavy atom. The van der Waals surface area contributed by atoms with E-state index in [4.69, 9.17) is 0 Å². The van der Waals surface area contributed by atoms with Gasteiger partial charge in [0.05, 0.1) is 11.2 Å². The molecule has 16 heavy (non-hydrogen) atoms. The summed E-state index contributed by atoms with van der Waals surface area (Å²) in [4.78, 5) is 4.27. The van der Waals surface area contributed by atoms with Gasteiger partial charge in [-0.05, 0) is 19.4 Å². The molecule has 2 rings (SSSR count). The highest BCUT2D eigenvalue weighted by molar-refractivity contribution is 7.07. The van der Waals surface area contributed by atoms with Gasteiger partial charge in [-0.15, -0.1) is 11.3 Å². The van der Waals surface area contributed by atoms with Crippen molar-refractivity contribution in [1.29, 1.82) is 0 Å². The van der Waals surface area contributed by atoms with Crippen LogP contribution in [0.5, 0.6) is 0 Å². The smallest absolute Gasteiger partial charge is 0.0795 e. The first-order chi connectivity index (χ1) is 7.68. The molecule has 1 aromatic carbocycles. The highest BCUT2D eigenvalue weighted by Gasteiger charge is 2.19. The van der Waals surface area contributed by atoms with E-state index < -0.39 is 0 Å². The third-order valence-corrected chi connectivity index (χ3v) is 3.33. The van der Waals surface area contributed by atoms with Gasteiger partial charge in [0, 0.05) is 17.5 Å². The molecule has 0 spiro atoms. The number of aromatic nitrogens is 1. The Bertz CT molecular complexity index is 420. The van der Waals surface area contributed by atoms with Gasteiger partial charge >= 0.3 is 0 Å². The van der Waals surface area contributed by atoms with E-state index in [9.17, 15) is 0 Å². The van der Waals surface area contributed by atoms with Crippen molar-refractivity contribution in [3.05, 3.63) is 52.5 Å². The summed E-state index contributed by atoms with van der Waals surface area (Å²) in [6.45, 7) is 5.19. The molecular formula is C13H16N2S. The summed E-state index contributed by atoms with van der Waals surface area (Å²) in [7, 11) is 0. The number of benzene rings is 1. The molecular weight excluding hydrogens is 216 g/mol. The zero-order valence-electron chi connectivity index (χ0n) is 9.60. The van der Waals surface area contributed by atoms with Gasteiger partial charge in [0.2, 0.25) is 0 Å². The second-order valence-electron chi connectivity index (χ2n) is 4.32. The number of hydrogen-bond acceptors (Lipinski definition) is 3. The summed E-state index contributed by atoms with van der Waals surface area (Å²) >= 11 is 1.63. The fraction of sp³-hybridized carbons (Fsp3) is 0.308. The topological polar surface area (TPSA) is 24.9 Å². The van der Waals surface area contributed by atoms with Gasteiger partial charge < -0.3 is 5.32 Å². The Balaban J connectivity index is 2.03. The molecule has 3 heteroatoms. The Morgan fingerprint density at radius 3 is 2.62 bits per heavy atom. The van der Waals surface area contributed by atoms with Crippen molar-refractivity contribution < 1.29 is 0 Å². The van der Waals surface area contributed by atoms with E-state index in [1.54, 1.807) is 11.3 Å². The molecule has 1 aromatic heterocycles. The third-order valence-electron chi connectivity index (χ3n) is 2.69. The predicted molar refractivity (Wildman–Crippen MR) is 68.4 cm³/mol. The zero-order chi connectivity index (χ0) is 11.4. The maximum absolute atomic E-state index is 4.27. The van der Waals surface area contributed by atoms with E-state index in [1.165, 1.54) is 5.56 Å². The highest BCUT2D eigenvalue weighted by Crippen LogP contribution is 2.19. The maximum Gasteiger partial charge on any atom is 0.0795 e. The Hall–Kier alpha value is -1.19. The first kappa shape index (κ1) is 11.3. The predicted octanol–water partition coefficient (Wildman–Crippen LogP) is 3.17. The van der Waals surface area contributed by atoms with Crippen molar-refractivity contribution in [2.24, 2.45) is 0 Å². The minimum atomic E-state index is -0.0229. The van der Waals surface area contributed by atoms with Crippen molar-refractivity contribution >= 4 is 11.3 Å². The molecule has 0 amide bonds. The molecule has 0 aliphatic rings. The second-order valence-corrected chi connectivity index (χ2v) is 5.04. The summed E-state index contributed by atoms with van der Waals surface area (Å²) in [5.41, 5.74) is 4.25. The van der Waals surface area contributed by atoms with Crippen LogP contribution in [-0.4, -0.2) is 4.98 Å². The zero-order valence-corrected chi connectivity index (χ0v) is 10.4. The maximum atomic E-state index is 4.27. The average molecular weight is 232 g/mol. The molecule has 0 aliphatic heterocycles. The van der Waals surface area contributed by atoms with Crippen LogP contribution in [0, 0.1) is 0 Å². The quantitative estimate of drug-likeness (QED) is 0.876. The van der Waals surface area contributed by atoms with Gasteiger partial charge in [-0.1, -0.05) is 30.3 Å². The molecule has 84 valence electrons. The lowest BCUT2D eigenvalue weighted by Gasteiger charge is -2.26. The molecule has 1 heterocycles. The summed E-state index contributed by atoms with van der Waals surface area (Å²) in [6.07, 6.45) is 0. The number of thiazole rings is 1. The van der Waals surface area contributed by atoms with Crippen molar-refractivity contribution in [2.75, 3.05) is 0 Å². The highest BCUT2D eigenvalue weighted by atomic mass is 32.1. The van der Waals surface area contributed by atoms with Crippen LogP contribution < -0.4 is 5.32 Å². The Labute approximate surface area is 100 Å². The molecule has 0 saturated carbocycles. The number of nitrogens with zero attached hydrogens (tertiary/aromatic N) is 1. The summed E-state index contributed by atoms with van der Waals surface area (Å²) in [5, 5.41) is 5.60. The van der Waals surface area contributed by atoms with Crippen molar-refractivity contribution in [2.45, 2.75) is 25.9 Å². The van der Waals surface area contributed by atoms with Crippen LogP contribution in [0.15, 0.2) is 41.2 Å². The lowest BCUT2D eigenvalue weighted by atomic mass is 9.94. The molecule has 1 N–H and O–H groups in total. The second kappa shape index (κ2) is 4.76. The minimum Gasteiger partial charge on any atom is -0.302 e. The molecule has 0 fully saturated rings. The number of nitrogens with one attached hydrogen (secondary N) is 1. The average Bonchev–Trinajstić information content (AvgIpc) is 2.81. The van der Waals surface area contributed by atoms with Crippen LogP contribution in [0.25, 0.3) is 0 Å².